The highest BCUT2D eigenvalue weighted by atomic mass is 79.9. The van der Waals surface area contributed by atoms with Gasteiger partial charge in [-0.3, -0.25) is 0 Å². The van der Waals surface area contributed by atoms with Gasteiger partial charge in [-0.1, -0.05) is 11.6 Å². The molecule has 0 spiro atoms. The van der Waals surface area contributed by atoms with Crippen molar-refractivity contribution in [2.45, 2.75) is 13.5 Å². The number of pyridine rings is 1. The molecule has 17 heavy (non-hydrogen) atoms. The van der Waals surface area contributed by atoms with Crippen molar-refractivity contribution >= 4 is 50.4 Å². The smallest absolute Gasteiger partial charge is 0.141 e. The van der Waals surface area contributed by atoms with E-state index in [0.717, 1.165) is 25.1 Å². The zero-order valence-electron chi connectivity index (χ0n) is 9.13. The van der Waals surface area contributed by atoms with Crippen LogP contribution in [0.5, 0.6) is 0 Å². The van der Waals surface area contributed by atoms with E-state index < -0.39 is 0 Å². The molecule has 0 saturated carbocycles. The maximum Gasteiger partial charge on any atom is 0.141 e. The van der Waals surface area contributed by atoms with Crippen molar-refractivity contribution in [1.29, 1.82) is 0 Å². The van der Waals surface area contributed by atoms with Gasteiger partial charge in [0, 0.05) is 4.88 Å². The molecule has 2 aromatic rings. The van der Waals surface area contributed by atoms with Crippen LogP contribution in [0.1, 0.15) is 10.4 Å². The van der Waals surface area contributed by atoms with E-state index in [9.17, 15) is 0 Å². The second-order valence-electron chi connectivity index (χ2n) is 3.56. The summed E-state index contributed by atoms with van der Waals surface area (Å²) >= 11 is 10.9. The van der Waals surface area contributed by atoms with Gasteiger partial charge in [0.05, 0.1) is 27.2 Å². The SMILES string of the molecule is Cc1c(N)cnc(NCc2ccc(Cl)s2)c1Br. The van der Waals surface area contributed by atoms with Crippen LogP contribution in [0.25, 0.3) is 0 Å². The van der Waals surface area contributed by atoms with E-state index in [1.807, 2.05) is 19.1 Å². The maximum atomic E-state index is 5.87. The Hall–Kier alpha value is -0.780. The fourth-order valence-corrected chi connectivity index (χ4v) is 2.83. The maximum absolute atomic E-state index is 5.87. The normalized spacial score (nSPS) is 10.5. The van der Waals surface area contributed by atoms with Gasteiger partial charge >= 0.3 is 0 Å². The third-order valence-corrected chi connectivity index (χ3v) is 4.56. The Kier molecular flexibility index (Phi) is 3.91. The molecule has 0 aliphatic carbocycles. The van der Waals surface area contributed by atoms with E-state index >= 15 is 0 Å². The monoisotopic (exact) mass is 331 g/mol. The minimum atomic E-state index is 0.682. The fourth-order valence-electron chi connectivity index (χ4n) is 1.33. The van der Waals surface area contributed by atoms with Gasteiger partial charge < -0.3 is 11.1 Å². The van der Waals surface area contributed by atoms with Crippen LogP contribution in [0.15, 0.2) is 22.8 Å². The molecule has 0 aliphatic heterocycles. The first-order valence-corrected chi connectivity index (χ1v) is 6.95. The van der Waals surface area contributed by atoms with Gasteiger partial charge in [0.1, 0.15) is 5.82 Å². The third-order valence-electron chi connectivity index (χ3n) is 2.36. The summed E-state index contributed by atoms with van der Waals surface area (Å²) in [5.41, 5.74) is 7.44. The highest BCUT2D eigenvalue weighted by molar-refractivity contribution is 9.10. The Morgan fingerprint density at radius 2 is 2.29 bits per heavy atom. The summed E-state index contributed by atoms with van der Waals surface area (Å²) in [6, 6.07) is 3.89. The van der Waals surface area contributed by atoms with E-state index in [2.05, 4.69) is 26.2 Å². The number of aromatic nitrogens is 1. The minimum Gasteiger partial charge on any atom is -0.397 e. The first kappa shape index (κ1) is 12.7. The Balaban J connectivity index is 2.12. The van der Waals surface area contributed by atoms with Crippen LogP contribution in [0.3, 0.4) is 0 Å². The summed E-state index contributed by atoms with van der Waals surface area (Å²) in [6.07, 6.45) is 1.66. The summed E-state index contributed by atoms with van der Waals surface area (Å²) in [5, 5.41) is 3.25. The first-order chi connectivity index (χ1) is 8.08. The predicted octanol–water partition coefficient (Wildman–Crippen LogP) is 4.06. The number of nitrogens with two attached hydrogens (primary N) is 1. The molecule has 0 aliphatic rings. The van der Waals surface area contributed by atoms with Crippen molar-refractivity contribution < 1.29 is 0 Å². The zero-order chi connectivity index (χ0) is 12.4. The molecule has 90 valence electrons. The van der Waals surface area contributed by atoms with Crippen LogP contribution in [0, 0.1) is 6.92 Å². The molecule has 2 heterocycles. The molecule has 0 aromatic carbocycles. The van der Waals surface area contributed by atoms with Crippen LogP contribution in [-0.2, 0) is 6.54 Å². The lowest BCUT2D eigenvalue weighted by Crippen LogP contribution is -2.03. The van der Waals surface area contributed by atoms with Gasteiger partial charge in [-0.05, 0) is 40.5 Å². The van der Waals surface area contributed by atoms with Gasteiger partial charge in [0.15, 0.2) is 0 Å². The second kappa shape index (κ2) is 5.25. The molecule has 6 heteroatoms. The van der Waals surface area contributed by atoms with E-state index in [0.29, 0.717) is 12.2 Å². The summed E-state index contributed by atoms with van der Waals surface area (Å²) < 4.78 is 1.70. The average Bonchev–Trinajstić information content (AvgIpc) is 2.71. The van der Waals surface area contributed by atoms with E-state index in [4.69, 9.17) is 17.3 Å². The number of rotatable bonds is 3. The topological polar surface area (TPSA) is 50.9 Å². The summed E-state index contributed by atoms with van der Waals surface area (Å²) in [5.74, 6) is 0.793. The molecule has 0 unspecified atom stereocenters. The van der Waals surface area contributed by atoms with Gasteiger partial charge in [0.2, 0.25) is 0 Å². The van der Waals surface area contributed by atoms with Crippen LogP contribution in [0.2, 0.25) is 4.34 Å². The lowest BCUT2D eigenvalue weighted by Gasteiger charge is -2.09. The van der Waals surface area contributed by atoms with Crippen LogP contribution < -0.4 is 11.1 Å². The van der Waals surface area contributed by atoms with Crippen molar-refractivity contribution in [3.05, 3.63) is 37.6 Å². The summed E-state index contributed by atoms with van der Waals surface area (Å²) in [6.45, 7) is 2.65. The van der Waals surface area contributed by atoms with E-state index in [-0.39, 0.29) is 0 Å². The number of hydrogen-bond donors (Lipinski definition) is 2. The quantitative estimate of drug-likeness (QED) is 0.891. The highest BCUT2D eigenvalue weighted by Crippen LogP contribution is 2.29. The number of nitrogen functional groups attached to an aromatic ring is 1. The van der Waals surface area contributed by atoms with Crippen molar-refractivity contribution in [2.75, 3.05) is 11.1 Å². The van der Waals surface area contributed by atoms with Crippen molar-refractivity contribution in [3.63, 3.8) is 0 Å². The van der Waals surface area contributed by atoms with Gasteiger partial charge in [-0.15, -0.1) is 11.3 Å². The molecule has 2 rings (SSSR count). The number of anilines is 2. The zero-order valence-corrected chi connectivity index (χ0v) is 12.3. The lowest BCUT2D eigenvalue weighted by atomic mass is 10.2. The molecule has 3 nitrogen and oxygen atoms in total. The molecule has 0 radical (unpaired) electrons. The first-order valence-electron chi connectivity index (χ1n) is 4.96. The average molecular weight is 333 g/mol. The van der Waals surface area contributed by atoms with Gasteiger partial charge in [-0.25, -0.2) is 4.98 Å². The van der Waals surface area contributed by atoms with Gasteiger partial charge in [-0.2, -0.15) is 0 Å². The van der Waals surface area contributed by atoms with E-state index in [1.165, 1.54) is 0 Å². The van der Waals surface area contributed by atoms with Crippen molar-refractivity contribution in [1.82, 2.24) is 4.98 Å². The van der Waals surface area contributed by atoms with Crippen LogP contribution in [0.4, 0.5) is 11.5 Å². The number of nitrogens with zero attached hydrogens (tertiary/aromatic N) is 1. The molecule has 0 atom stereocenters. The Morgan fingerprint density at radius 1 is 1.53 bits per heavy atom. The fraction of sp³-hybridized carbons (Fsp3) is 0.182. The number of halogens is 2. The Bertz CT molecular complexity index is 542. The van der Waals surface area contributed by atoms with Crippen LogP contribution in [-0.4, -0.2) is 4.98 Å². The largest absolute Gasteiger partial charge is 0.397 e. The molecular formula is C11H11BrClN3S. The van der Waals surface area contributed by atoms with Crippen molar-refractivity contribution in [2.24, 2.45) is 0 Å². The molecule has 2 aromatic heterocycles. The molecular weight excluding hydrogens is 322 g/mol. The number of hydrogen-bond acceptors (Lipinski definition) is 4. The molecule has 0 bridgehead atoms. The second-order valence-corrected chi connectivity index (χ2v) is 6.15. The standard InChI is InChI=1S/C11H11BrClN3S/c1-6-8(14)5-16-11(10(6)12)15-4-7-2-3-9(13)17-7/h2-3,5H,4,14H2,1H3,(H,15,16). The van der Waals surface area contributed by atoms with Crippen molar-refractivity contribution in [3.8, 4) is 0 Å². The third kappa shape index (κ3) is 2.91. The summed E-state index contributed by atoms with van der Waals surface area (Å²) in [4.78, 5) is 5.41. The van der Waals surface area contributed by atoms with Crippen LogP contribution >= 0.6 is 38.9 Å². The van der Waals surface area contributed by atoms with E-state index in [1.54, 1.807) is 17.5 Å². The predicted molar refractivity (Wildman–Crippen MR) is 77.7 cm³/mol. The highest BCUT2D eigenvalue weighted by Gasteiger charge is 2.07. The Labute approximate surface area is 117 Å². The molecule has 0 saturated heterocycles. The number of thiophene rings is 1. The number of nitrogens with one attached hydrogen (secondary N) is 1. The summed E-state index contributed by atoms with van der Waals surface area (Å²) in [7, 11) is 0. The Morgan fingerprint density at radius 3 is 2.94 bits per heavy atom. The molecule has 0 fully saturated rings. The minimum absolute atomic E-state index is 0.682. The molecule has 0 amide bonds. The lowest BCUT2D eigenvalue weighted by molar-refractivity contribution is 1.12. The van der Waals surface area contributed by atoms with Gasteiger partial charge in [0.25, 0.3) is 0 Å². The molecule has 3 N–H and O–H groups in total.